The van der Waals surface area contributed by atoms with Crippen LogP contribution < -0.4 is 10.1 Å². The molecule has 5 heteroatoms. The molecule has 0 bridgehead atoms. The number of nitrogens with one attached hydrogen (secondary N) is 1. The number of hydrogen-bond acceptors (Lipinski definition) is 3. The summed E-state index contributed by atoms with van der Waals surface area (Å²) in [6.07, 6.45) is 2.62. The Kier molecular flexibility index (Phi) is 5.88. The van der Waals surface area contributed by atoms with E-state index in [0.29, 0.717) is 28.6 Å². The minimum Gasteiger partial charge on any atom is -0.475 e. The van der Waals surface area contributed by atoms with E-state index in [4.69, 9.17) is 27.9 Å². The van der Waals surface area contributed by atoms with Gasteiger partial charge in [0.2, 0.25) is 5.88 Å². The first-order chi connectivity index (χ1) is 7.63. The van der Waals surface area contributed by atoms with Crippen molar-refractivity contribution in [1.82, 2.24) is 10.3 Å². The van der Waals surface area contributed by atoms with Crippen LogP contribution in [-0.2, 0) is 0 Å². The second-order valence-corrected chi connectivity index (χ2v) is 4.40. The van der Waals surface area contributed by atoms with Crippen LogP contribution >= 0.6 is 23.2 Å². The van der Waals surface area contributed by atoms with Gasteiger partial charge in [-0.2, -0.15) is 0 Å². The summed E-state index contributed by atoms with van der Waals surface area (Å²) in [6.45, 7) is 5.58. The average Bonchev–Trinajstić information content (AvgIpc) is 2.26. The van der Waals surface area contributed by atoms with E-state index in [1.165, 1.54) is 6.20 Å². The molecule has 1 aromatic heterocycles. The van der Waals surface area contributed by atoms with Crippen LogP contribution in [0.4, 0.5) is 0 Å². The maximum absolute atomic E-state index is 5.91. The molecule has 0 saturated carbocycles. The third-order valence-electron chi connectivity index (χ3n) is 2.22. The van der Waals surface area contributed by atoms with Gasteiger partial charge in [-0.1, -0.05) is 30.1 Å². The Morgan fingerprint density at radius 2 is 2.25 bits per heavy atom. The lowest BCUT2D eigenvalue weighted by Gasteiger charge is -2.12. The summed E-state index contributed by atoms with van der Waals surface area (Å²) in [5.74, 6) is 0.428. The van der Waals surface area contributed by atoms with Gasteiger partial charge in [0.05, 0.1) is 5.02 Å². The molecule has 0 aliphatic heterocycles. The molecule has 0 radical (unpaired) electrons. The molecule has 0 spiro atoms. The summed E-state index contributed by atoms with van der Waals surface area (Å²) >= 11 is 11.6. The highest BCUT2D eigenvalue weighted by Gasteiger charge is 2.04. The highest BCUT2D eigenvalue weighted by atomic mass is 35.5. The number of halogens is 2. The van der Waals surface area contributed by atoms with E-state index in [9.17, 15) is 0 Å². The van der Waals surface area contributed by atoms with Gasteiger partial charge in [-0.25, -0.2) is 4.98 Å². The third kappa shape index (κ3) is 4.56. The SMILES string of the molecule is CCC(C)NCCOc1ncc(Cl)cc1Cl. The van der Waals surface area contributed by atoms with Crippen molar-refractivity contribution in [2.75, 3.05) is 13.2 Å². The van der Waals surface area contributed by atoms with Crippen LogP contribution in [0.1, 0.15) is 20.3 Å². The van der Waals surface area contributed by atoms with Gasteiger partial charge in [-0.05, 0) is 19.4 Å². The number of hydrogen-bond donors (Lipinski definition) is 1. The van der Waals surface area contributed by atoms with E-state index in [0.717, 1.165) is 13.0 Å². The summed E-state index contributed by atoms with van der Waals surface area (Å²) in [6, 6.07) is 2.12. The first-order valence-electron chi connectivity index (χ1n) is 5.30. The molecule has 1 heterocycles. The molecule has 90 valence electrons. The average molecular weight is 263 g/mol. The minimum absolute atomic E-state index is 0.428. The van der Waals surface area contributed by atoms with E-state index in [1.807, 2.05) is 0 Å². The van der Waals surface area contributed by atoms with E-state index < -0.39 is 0 Å². The smallest absolute Gasteiger partial charge is 0.232 e. The lowest BCUT2D eigenvalue weighted by Crippen LogP contribution is -2.29. The van der Waals surface area contributed by atoms with Crippen LogP contribution in [0.3, 0.4) is 0 Å². The predicted molar refractivity (Wildman–Crippen MR) is 67.5 cm³/mol. The van der Waals surface area contributed by atoms with Crippen LogP contribution in [0.2, 0.25) is 10.0 Å². The Morgan fingerprint density at radius 3 is 2.88 bits per heavy atom. The van der Waals surface area contributed by atoms with Crippen molar-refractivity contribution in [3.8, 4) is 5.88 Å². The second kappa shape index (κ2) is 6.94. The monoisotopic (exact) mass is 262 g/mol. The fourth-order valence-corrected chi connectivity index (χ4v) is 1.54. The van der Waals surface area contributed by atoms with Crippen molar-refractivity contribution >= 4 is 23.2 Å². The number of pyridine rings is 1. The lowest BCUT2D eigenvalue weighted by atomic mass is 10.3. The lowest BCUT2D eigenvalue weighted by molar-refractivity contribution is 0.295. The molecular formula is C11H16Cl2N2O. The minimum atomic E-state index is 0.428. The van der Waals surface area contributed by atoms with Gasteiger partial charge in [0.15, 0.2) is 0 Å². The molecule has 1 aromatic rings. The molecule has 1 unspecified atom stereocenters. The second-order valence-electron chi connectivity index (χ2n) is 3.55. The summed E-state index contributed by atoms with van der Waals surface area (Å²) in [7, 11) is 0. The summed E-state index contributed by atoms with van der Waals surface area (Å²) in [5.41, 5.74) is 0. The van der Waals surface area contributed by atoms with E-state index >= 15 is 0 Å². The fraction of sp³-hybridized carbons (Fsp3) is 0.545. The Morgan fingerprint density at radius 1 is 1.50 bits per heavy atom. The van der Waals surface area contributed by atoms with Crippen LogP contribution in [-0.4, -0.2) is 24.2 Å². The molecule has 1 atom stereocenters. The van der Waals surface area contributed by atoms with E-state index in [2.05, 4.69) is 24.1 Å². The molecule has 0 aliphatic rings. The summed E-state index contributed by atoms with van der Waals surface area (Å²) < 4.78 is 5.42. The number of rotatable bonds is 6. The fourth-order valence-electron chi connectivity index (χ4n) is 1.11. The number of ether oxygens (including phenoxy) is 1. The molecule has 1 rings (SSSR count). The first kappa shape index (κ1) is 13.6. The number of aromatic nitrogens is 1. The van der Waals surface area contributed by atoms with Crippen molar-refractivity contribution in [2.24, 2.45) is 0 Å². The molecule has 0 fully saturated rings. The zero-order valence-electron chi connectivity index (χ0n) is 9.46. The van der Waals surface area contributed by atoms with Gasteiger partial charge in [-0.3, -0.25) is 0 Å². The van der Waals surface area contributed by atoms with E-state index in [1.54, 1.807) is 6.07 Å². The van der Waals surface area contributed by atoms with Gasteiger partial charge in [0, 0.05) is 18.8 Å². The Labute approximate surface area is 106 Å². The van der Waals surface area contributed by atoms with Gasteiger partial charge in [-0.15, -0.1) is 0 Å². The summed E-state index contributed by atoms with van der Waals surface area (Å²) in [5, 5.41) is 4.26. The van der Waals surface area contributed by atoms with Gasteiger partial charge in [0.25, 0.3) is 0 Å². The largest absolute Gasteiger partial charge is 0.475 e. The normalized spacial score (nSPS) is 12.5. The van der Waals surface area contributed by atoms with E-state index in [-0.39, 0.29) is 0 Å². The Bertz CT molecular complexity index is 334. The molecule has 0 amide bonds. The van der Waals surface area contributed by atoms with Crippen molar-refractivity contribution in [3.63, 3.8) is 0 Å². The maximum Gasteiger partial charge on any atom is 0.232 e. The molecule has 0 aliphatic carbocycles. The van der Waals surface area contributed by atoms with Crippen molar-refractivity contribution in [1.29, 1.82) is 0 Å². The van der Waals surface area contributed by atoms with Gasteiger partial charge < -0.3 is 10.1 Å². The predicted octanol–water partition coefficient (Wildman–Crippen LogP) is 3.16. The van der Waals surface area contributed by atoms with Gasteiger partial charge >= 0.3 is 0 Å². The van der Waals surface area contributed by atoms with Crippen LogP contribution in [0.5, 0.6) is 5.88 Å². The topological polar surface area (TPSA) is 34.1 Å². The standard InChI is InChI=1S/C11H16Cl2N2O/c1-3-8(2)14-4-5-16-11-10(13)6-9(12)7-15-11/h6-8,14H,3-5H2,1-2H3. The molecule has 0 aromatic carbocycles. The van der Waals surface area contributed by atoms with Gasteiger partial charge in [0.1, 0.15) is 11.6 Å². The van der Waals surface area contributed by atoms with Crippen LogP contribution in [0.15, 0.2) is 12.3 Å². The molecular weight excluding hydrogens is 247 g/mol. The third-order valence-corrected chi connectivity index (χ3v) is 2.70. The quantitative estimate of drug-likeness (QED) is 0.800. The Hall–Kier alpha value is -0.510. The zero-order chi connectivity index (χ0) is 12.0. The Balaban J connectivity index is 2.32. The summed E-state index contributed by atoms with van der Waals surface area (Å²) in [4.78, 5) is 4.00. The zero-order valence-corrected chi connectivity index (χ0v) is 11.0. The molecule has 16 heavy (non-hydrogen) atoms. The molecule has 3 nitrogen and oxygen atoms in total. The van der Waals surface area contributed by atoms with Crippen LogP contribution in [0, 0.1) is 0 Å². The number of nitrogens with zero attached hydrogens (tertiary/aromatic N) is 1. The molecule has 1 N–H and O–H groups in total. The maximum atomic E-state index is 5.91. The van der Waals surface area contributed by atoms with Crippen molar-refractivity contribution in [3.05, 3.63) is 22.3 Å². The van der Waals surface area contributed by atoms with Crippen LogP contribution in [0.25, 0.3) is 0 Å². The highest BCUT2D eigenvalue weighted by molar-refractivity contribution is 6.35. The first-order valence-corrected chi connectivity index (χ1v) is 6.06. The van der Waals surface area contributed by atoms with Crippen molar-refractivity contribution in [2.45, 2.75) is 26.3 Å². The van der Waals surface area contributed by atoms with Crippen molar-refractivity contribution < 1.29 is 4.74 Å². The highest BCUT2D eigenvalue weighted by Crippen LogP contribution is 2.24. The molecule has 0 saturated heterocycles.